The Kier molecular flexibility index (Phi) is 7.66. The van der Waals surface area contributed by atoms with Gasteiger partial charge in [0, 0.05) is 17.9 Å². The predicted octanol–water partition coefficient (Wildman–Crippen LogP) is 4.21. The molecule has 0 spiro atoms. The van der Waals surface area contributed by atoms with Gasteiger partial charge < -0.3 is 10.4 Å². The van der Waals surface area contributed by atoms with Crippen LogP contribution in [0.2, 0.25) is 0 Å². The zero-order valence-corrected chi connectivity index (χ0v) is 19.4. The number of carboxylic acids is 1. The Morgan fingerprint density at radius 2 is 1.55 bits per heavy atom. The Morgan fingerprint density at radius 1 is 0.909 bits per heavy atom. The maximum Gasteiger partial charge on any atom is 0.306 e. The fourth-order valence-electron chi connectivity index (χ4n) is 3.61. The van der Waals surface area contributed by atoms with Crippen LogP contribution in [0.4, 0.5) is 0 Å². The summed E-state index contributed by atoms with van der Waals surface area (Å²) in [6, 6.07) is 23.3. The van der Waals surface area contributed by atoms with E-state index in [9.17, 15) is 23.1 Å². The monoisotopic (exact) mass is 465 g/mol. The number of amides is 1. The molecule has 0 aliphatic carbocycles. The second kappa shape index (κ2) is 10.4. The quantitative estimate of drug-likeness (QED) is 0.493. The van der Waals surface area contributed by atoms with Gasteiger partial charge in [-0.2, -0.15) is 0 Å². The summed E-state index contributed by atoms with van der Waals surface area (Å²) in [5.41, 5.74) is 3.34. The highest BCUT2D eigenvalue weighted by Gasteiger charge is 2.22. The normalized spacial score (nSPS) is 13.2. The van der Waals surface area contributed by atoms with Gasteiger partial charge in [0.1, 0.15) is 0 Å². The number of aliphatic carboxylic acids is 1. The number of carbonyl (C=O) groups excluding carboxylic acids is 1. The molecule has 0 saturated carbocycles. The molecule has 0 saturated heterocycles. The summed E-state index contributed by atoms with van der Waals surface area (Å²) in [5, 5.41) is 12.3. The summed E-state index contributed by atoms with van der Waals surface area (Å²) in [4.78, 5) is 24.3. The molecule has 7 heteroatoms. The molecule has 3 aromatic carbocycles. The fraction of sp³-hybridized carbons (Fsp3) is 0.231. The van der Waals surface area contributed by atoms with E-state index < -0.39 is 33.7 Å². The molecule has 6 nitrogen and oxygen atoms in total. The molecular formula is C26H27NO5S. The van der Waals surface area contributed by atoms with E-state index in [2.05, 4.69) is 5.32 Å². The molecule has 2 N–H and O–H groups in total. The Labute approximate surface area is 194 Å². The topological polar surface area (TPSA) is 101 Å². The van der Waals surface area contributed by atoms with Gasteiger partial charge >= 0.3 is 5.97 Å². The molecule has 2 atom stereocenters. The van der Waals surface area contributed by atoms with Gasteiger partial charge in [-0.15, -0.1) is 0 Å². The third kappa shape index (κ3) is 6.76. The Morgan fingerprint density at radius 3 is 2.15 bits per heavy atom. The lowest BCUT2D eigenvalue weighted by atomic mass is 9.94. The number of carboxylic acid groups (broad SMARTS) is 1. The first-order valence-electron chi connectivity index (χ1n) is 10.6. The number of rotatable bonds is 9. The SMILES string of the molecule is C[C@H](CC(Cc1ccc(-c2ccccc2)cc1)NC(=O)c1cccc(S(C)(=O)=O)c1)C(=O)O. The van der Waals surface area contributed by atoms with Crippen LogP contribution in [0.25, 0.3) is 11.1 Å². The van der Waals surface area contributed by atoms with E-state index in [-0.39, 0.29) is 16.9 Å². The smallest absolute Gasteiger partial charge is 0.306 e. The van der Waals surface area contributed by atoms with E-state index >= 15 is 0 Å². The van der Waals surface area contributed by atoms with Crippen molar-refractivity contribution in [2.24, 2.45) is 5.92 Å². The first-order valence-corrected chi connectivity index (χ1v) is 12.5. The third-order valence-electron chi connectivity index (χ3n) is 5.46. The van der Waals surface area contributed by atoms with Gasteiger partial charge in [-0.05, 0) is 47.7 Å². The highest BCUT2D eigenvalue weighted by Crippen LogP contribution is 2.21. The van der Waals surface area contributed by atoms with E-state index in [4.69, 9.17) is 0 Å². The minimum Gasteiger partial charge on any atom is -0.481 e. The van der Waals surface area contributed by atoms with Gasteiger partial charge in [0.25, 0.3) is 5.91 Å². The van der Waals surface area contributed by atoms with Gasteiger partial charge in [0.15, 0.2) is 9.84 Å². The van der Waals surface area contributed by atoms with Crippen molar-refractivity contribution in [3.63, 3.8) is 0 Å². The zero-order chi connectivity index (χ0) is 24.0. The average molecular weight is 466 g/mol. The van der Waals surface area contributed by atoms with Crippen LogP contribution in [-0.4, -0.2) is 37.7 Å². The molecule has 0 radical (unpaired) electrons. The molecule has 0 fully saturated rings. The molecule has 33 heavy (non-hydrogen) atoms. The first-order chi connectivity index (χ1) is 15.6. The van der Waals surface area contributed by atoms with E-state index in [0.29, 0.717) is 6.42 Å². The third-order valence-corrected chi connectivity index (χ3v) is 6.57. The van der Waals surface area contributed by atoms with Crippen LogP contribution in [0.15, 0.2) is 83.8 Å². The predicted molar refractivity (Wildman–Crippen MR) is 128 cm³/mol. The minimum absolute atomic E-state index is 0.0575. The molecule has 0 aliphatic heterocycles. The van der Waals surface area contributed by atoms with Crippen molar-refractivity contribution in [3.05, 3.63) is 90.0 Å². The van der Waals surface area contributed by atoms with Crippen LogP contribution in [0.3, 0.4) is 0 Å². The molecule has 0 aromatic heterocycles. The van der Waals surface area contributed by atoms with Crippen LogP contribution in [0, 0.1) is 5.92 Å². The number of nitrogens with one attached hydrogen (secondary N) is 1. The minimum atomic E-state index is -3.45. The van der Waals surface area contributed by atoms with E-state index in [1.807, 2.05) is 54.6 Å². The molecule has 0 heterocycles. The Balaban J connectivity index is 1.79. The van der Waals surface area contributed by atoms with Crippen LogP contribution in [0.1, 0.15) is 29.3 Å². The van der Waals surface area contributed by atoms with Gasteiger partial charge in [-0.3, -0.25) is 9.59 Å². The molecule has 0 aliphatic rings. The largest absolute Gasteiger partial charge is 0.481 e. The van der Waals surface area contributed by atoms with Crippen molar-refractivity contribution in [1.29, 1.82) is 0 Å². The summed E-state index contributed by atoms with van der Waals surface area (Å²) in [6.45, 7) is 1.60. The number of benzene rings is 3. The average Bonchev–Trinajstić information content (AvgIpc) is 2.79. The maximum atomic E-state index is 12.9. The molecule has 0 bridgehead atoms. The lowest BCUT2D eigenvalue weighted by Gasteiger charge is -2.21. The van der Waals surface area contributed by atoms with E-state index in [0.717, 1.165) is 22.9 Å². The molecule has 3 aromatic rings. The lowest BCUT2D eigenvalue weighted by molar-refractivity contribution is -0.141. The van der Waals surface area contributed by atoms with E-state index in [1.54, 1.807) is 6.92 Å². The van der Waals surface area contributed by atoms with Crippen LogP contribution < -0.4 is 5.32 Å². The summed E-state index contributed by atoms with van der Waals surface area (Å²) in [5.74, 6) is -2.03. The number of carbonyl (C=O) groups is 2. The summed E-state index contributed by atoms with van der Waals surface area (Å²) in [7, 11) is -3.45. The van der Waals surface area contributed by atoms with Crippen molar-refractivity contribution in [1.82, 2.24) is 5.32 Å². The Bertz CT molecular complexity index is 1220. The van der Waals surface area contributed by atoms with Gasteiger partial charge in [-0.25, -0.2) is 8.42 Å². The second-order valence-corrected chi connectivity index (χ2v) is 10.2. The fourth-order valence-corrected chi connectivity index (χ4v) is 4.27. The number of hydrogen-bond acceptors (Lipinski definition) is 4. The summed E-state index contributed by atoms with van der Waals surface area (Å²) in [6.07, 6.45) is 1.78. The van der Waals surface area contributed by atoms with Crippen LogP contribution in [0.5, 0.6) is 0 Å². The van der Waals surface area contributed by atoms with Gasteiger partial charge in [0.2, 0.25) is 0 Å². The molecule has 1 amide bonds. The molecule has 172 valence electrons. The molecule has 1 unspecified atom stereocenters. The summed E-state index contributed by atoms with van der Waals surface area (Å²) >= 11 is 0. The lowest BCUT2D eigenvalue weighted by Crippen LogP contribution is -2.38. The van der Waals surface area contributed by atoms with Gasteiger partial charge in [-0.1, -0.05) is 67.6 Å². The molecular weight excluding hydrogens is 438 g/mol. The van der Waals surface area contributed by atoms with Crippen LogP contribution in [-0.2, 0) is 21.1 Å². The van der Waals surface area contributed by atoms with Crippen molar-refractivity contribution in [2.75, 3.05) is 6.26 Å². The highest BCUT2D eigenvalue weighted by molar-refractivity contribution is 7.90. The highest BCUT2D eigenvalue weighted by atomic mass is 32.2. The van der Waals surface area contributed by atoms with Gasteiger partial charge in [0.05, 0.1) is 10.8 Å². The number of hydrogen-bond donors (Lipinski definition) is 2. The van der Waals surface area contributed by atoms with Crippen molar-refractivity contribution >= 4 is 21.7 Å². The standard InChI is InChI=1S/C26H27NO5S/c1-18(26(29)30)15-23(27-25(28)22-9-6-10-24(17-22)33(2,31)32)16-19-11-13-21(14-12-19)20-7-4-3-5-8-20/h3-14,17-18,23H,15-16H2,1-2H3,(H,27,28)(H,29,30)/t18-,23?/m1/s1. The molecule has 3 rings (SSSR count). The van der Waals surface area contributed by atoms with E-state index in [1.165, 1.54) is 24.3 Å². The van der Waals surface area contributed by atoms with Crippen molar-refractivity contribution < 1.29 is 23.1 Å². The summed E-state index contributed by atoms with van der Waals surface area (Å²) < 4.78 is 23.6. The second-order valence-electron chi connectivity index (χ2n) is 8.21. The number of sulfone groups is 1. The Hall–Kier alpha value is -3.45. The van der Waals surface area contributed by atoms with Crippen molar-refractivity contribution in [3.8, 4) is 11.1 Å². The van der Waals surface area contributed by atoms with Crippen molar-refractivity contribution in [2.45, 2.75) is 30.7 Å². The first kappa shape index (κ1) is 24.2. The maximum absolute atomic E-state index is 12.9. The zero-order valence-electron chi connectivity index (χ0n) is 18.6. The van der Waals surface area contributed by atoms with Crippen LogP contribution >= 0.6 is 0 Å².